The van der Waals surface area contributed by atoms with Gasteiger partial charge in [0.05, 0.1) is 5.56 Å². The number of carboxylic acids is 1. The largest absolute Gasteiger partial charge is 0.478 e. The molecular weight excluding hydrogens is 178 g/mol. The van der Waals surface area contributed by atoms with Crippen molar-refractivity contribution in [1.29, 1.82) is 0 Å². The van der Waals surface area contributed by atoms with Crippen LogP contribution >= 0.6 is 0 Å². The summed E-state index contributed by atoms with van der Waals surface area (Å²) in [6.07, 6.45) is 0. The molecule has 0 unspecified atom stereocenters. The molecule has 3 nitrogen and oxygen atoms in total. The molecule has 0 amide bonds. The van der Waals surface area contributed by atoms with Gasteiger partial charge in [0.1, 0.15) is 0 Å². The smallest absolute Gasteiger partial charge is 0.335 e. The molecule has 0 atom stereocenters. The van der Waals surface area contributed by atoms with Gasteiger partial charge in [-0.15, -0.1) is 0 Å². The number of rotatable bonds is 3. The molecule has 1 rings (SSSR count). The van der Waals surface area contributed by atoms with Crippen molar-refractivity contribution in [2.75, 3.05) is 5.32 Å². The molecule has 1 aromatic carbocycles. The predicted molar refractivity (Wildman–Crippen MR) is 56.9 cm³/mol. The minimum Gasteiger partial charge on any atom is -0.478 e. The van der Waals surface area contributed by atoms with Crippen molar-refractivity contribution in [3.63, 3.8) is 0 Å². The van der Waals surface area contributed by atoms with E-state index in [2.05, 4.69) is 5.32 Å². The normalized spacial score (nSPS) is 10.3. The summed E-state index contributed by atoms with van der Waals surface area (Å²) in [4.78, 5) is 10.7. The van der Waals surface area contributed by atoms with Crippen LogP contribution < -0.4 is 5.32 Å². The molecule has 0 aliphatic rings. The number of anilines is 1. The molecule has 14 heavy (non-hydrogen) atoms. The Bertz CT molecular complexity index is 345. The maximum atomic E-state index is 10.7. The number of nitrogens with one attached hydrogen (secondary N) is 1. The molecule has 0 radical (unpaired) electrons. The summed E-state index contributed by atoms with van der Waals surface area (Å²) in [6, 6.07) is 5.62. The summed E-state index contributed by atoms with van der Waals surface area (Å²) in [5.74, 6) is -0.876. The maximum absolute atomic E-state index is 10.7. The van der Waals surface area contributed by atoms with E-state index in [4.69, 9.17) is 5.11 Å². The molecule has 3 heteroatoms. The van der Waals surface area contributed by atoms with Gasteiger partial charge in [0, 0.05) is 11.7 Å². The Hall–Kier alpha value is -1.51. The zero-order valence-electron chi connectivity index (χ0n) is 8.66. The van der Waals surface area contributed by atoms with Gasteiger partial charge in [0.15, 0.2) is 0 Å². The molecule has 0 spiro atoms. The van der Waals surface area contributed by atoms with Gasteiger partial charge in [-0.1, -0.05) is 0 Å². The topological polar surface area (TPSA) is 49.3 Å². The second kappa shape index (κ2) is 4.13. The van der Waals surface area contributed by atoms with Crippen LogP contribution in [-0.2, 0) is 0 Å². The Morgan fingerprint density at radius 3 is 2.50 bits per heavy atom. The van der Waals surface area contributed by atoms with E-state index >= 15 is 0 Å². The average molecular weight is 193 g/mol. The molecule has 1 aromatic rings. The van der Waals surface area contributed by atoms with Crippen molar-refractivity contribution in [1.82, 2.24) is 0 Å². The third-order valence-electron chi connectivity index (χ3n) is 1.91. The first-order chi connectivity index (χ1) is 6.50. The van der Waals surface area contributed by atoms with E-state index in [-0.39, 0.29) is 0 Å². The second-order valence-electron chi connectivity index (χ2n) is 3.63. The van der Waals surface area contributed by atoms with Crippen molar-refractivity contribution in [2.45, 2.75) is 26.8 Å². The SMILES string of the molecule is Cc1cc(NC(C)C)ccc1C(=O)O. The molecule has 0 saturated carbocycles. The van der Waals surface area contributed by atoms with E-state index in [0.717, 1.165) is 11.3 Å². The summed E-state index contributed by atoms with van der Waals surface area (Å²) in [5, 5.41) is 12.0. The number of hydrogen-bond acceptors (Lipinski definition) is 2. The Morgan fingerprint density at radius 2 is 2.07 bits per heavy atom. The van der Waals surface area contributed by atoms with E-state index in [1.54, 1.807) is 19.1 Å². The minimum atomic E-state index is -0.876. The van der Waals surface area contributed by atoms with Crippen LogP contribution in [0.25, 0.3) is 0 Å². The van der Waals surface area contributed by atoms with Crippen molar-refractivity contribution in [3.05, 3.63) is 29.3 Å². The van der Waals surface area contributed by atoms with Crippen molar-refractivity contribution < 1.29 is 9.90 Å². The van der Waals surface area contributed by atoms with Crippen LogP contribution in [0.4, 0.5) is 5.69 Å². The molecule has 76 valence electrons. The van der Waals surface area contributed by atoms with Crippen LogP contribution in [0.15, 0.2) is 18.2 Å². The number of hydrogen-bond donors (Lipinski definition) is 2. The Balaban J connectivity index is 2.94. The van der Waals surface area contributed by atoms with Gasteiger partial charge in [-0.25, -0.2) is 4.79 Å². The highest BCUT2D eigenvalue weighted by atomic mass is 16.4. The Labute approximate surface area is 83.8 Å². The zero-order chi connectivity index (χ0) is 10.7. The first-order valence-corrected chi connectivity index (χ1v) is 4.61. The first kappa shape index (κ1) is 10.6. The fraction of sp³-hybridized carbons (Fsp3) is 0.364. The average Bonchev–Trinajstić information content (AvgIpc) is 2.01. The Kier molecular flexibility index (Phi) is 3.12. The van der Waals surface area contributed by atoms with E-state index in [1.165, 1.54) is 0 Å². The van der Waals surface area contributed by atoms with Gasteiger partial charge in [0.25, 0.3) is 0 Å². The molecule has 0 aromatic heterocycles. The number of carbonyl (C=O) groups is 1. The first-order valence-electron chi connectivity index (χ1n) is 4.61. The molecule has 0 fully saturated rings. The van der Waals surface area contributed by atoms with E-state index in [1.807, 2.05) is 19.9 Å². The molecule has 2 N–H and O–H groups in total. The third-order valence-corrected chi connectivity index (χ3v) is 1.91. The van der Waals surface area contributed by atoms with Gasteiger partial charge >= 0.3 is 5.97 Å². The summed E-state index contributed by atoms with van der Waals surface area (Å²) in [7, 11) is 0. The fourth-order valence-corrected chi connectivity index (χ4v) is 1.33. The standard InChI is InChI=1S/C11H15NO2/c1-7(2)12-9-4-5-10(11(13)14)8(3)6-9/h4-7,12H,1-3H3,(H,13,14). The lowest BCUT2D eigenvalue weighted by molar-refractivity contribution is 0.0696. The van der Waals surface area contributed by atoms with Gasteiger partial charge < -0.3 is 10.4 Å². The molecule has 0 aliphatic carbocycles. The van der Waals surface area contributed by atoms with Crippen LogP contribution in [0.1, 0.15) is 29.8 Å². The molecule has 0 saturated heterocycles. The maximum Gasteiger partial charge on any atom is 0.335 e. The van der Waals surface area contributed by atoms with Gasteiger partial charge in [-0.3, -0.25) is 0 Å². The van der Waals surface area contributed by atoms with E-state index < -0.39 is 5.97 Å². The monoisotopic (exact) mass is 193 g/mol. The van der Waals surface area contributed by atoms with Crippen LogP contribution in [0.3, 0.4) is 0 Å². The van der Waals surface area contributed by atoms with Gasteiger partial charge in [-0.05, 0) is 44.5 Å². The fourth-order valence-electron chi connectivity index (χ4n) is 1.33. The zero-order valence-corrected chi connectivity index (χ0v) is 8.66. The van der Waals surface area contributed by atoms with Crippen molar-refractivity contribution in [3.8, 4) is 0 Å². The highest BCUT2D eigenvalue weighted by Crippen LogP contribution is 2.15. The van der Waals surface area contributed by atoms with Crippen LogP contribution in [0.5, 0.6) is 0 Å². The number of aromatic carboxylic acids is 1. The molecule has 0 bridgehead atoms. The van der Waals surface area contributed by atoms with Crippen LogP contribution in [0.2, 0.25) is 0 Å². The van der Waals surface area contributed by atoms with Gasteiger partial charge in [0.2, 0.25) is 0 Å². The molecule has 0 aliphatic heterocycles. The minimum absolute atomic E-state index is 0.352. The molecular formula is C11H15NO2. The van der Waals surface area contributed by atoms with Crippen molar-refractivity contribution >= 4 is 11.7 Å². The highest BCUT2D eigenvalue weighted by molar-refractivity contribution is 5.89. The van der Waals surface area contributed by atoms with Gasteiger partial charge in [-0.2, -0.15) is 0 Å². The summed E-state index contributed by atoms with van der Waals surface area (Å²) >= 11 is 0. The molecule has 0 heterocycles. The highest BCUT2D eigenvalue weighted by Gasteiger charge is 2.06. The lowest BCUT2D eigenvalue weighted by atomic mass is 10.1. The number of aryl methyl sites for hydroxylation is 1. The summed E-state index contributed by atoms with van der Waals surface area (Å²) in [6.45, 7) is 5.88. The third kappa shape index (κ3) is 2.49. The lowest BCUT2D eigenvalue weighted by Gasteiger charge is -2.11. The quantitative estimate of drug-likeness (QED) is 0.775. The second-order valence-corrected chi connectivity index (χ2v) is 3.63. The van der Waals surface area contributed by atoms with Crippen molar-refractivity contribution in [2.24, 2.45) is 0 Å². The number of benzene rings is 1. The Morgan fingerprint density at radius 1 is 1.43 bits per heavy atom. The number of carboxylic acid groups (broad SMARTS) is 1. The summed E-state index contributed by atoms with van der Waals surface area (Å²) in [5.41, 5.74) is 2.10. The predicted octanol–water partition coefficient (Wildman–Crippen LogP) is 2.51. The lowest BCUT2D eigenvalue weighted by Crippen LogP contribution is -2.10. The summed E-state index contributed by atoms with van der Waals surface area (Å²) < 4.78 is 0. The van der Waals surface area contributed by atoms with E-state index in [9.17, 15) is 4.79 Å². The van der Waals surface area contributed by atoms with E-state index in [0.29, 0.717) is 11.6 Å². The van der Waals surface area contributed by atoms with Crippen LogP contribution in [-0.4, -0.2) is 17.1 Å². The van der Waals surface area contributed by atoms with Crippen LogP contribution in [0, 0.1) is 6.92 Å².